The van der Waals surface area contributed by atoms with Crippen molar-refractivity contribution in [1.29, 1.82) is 0 Å². The number of nitrogens with zero attached hydrogens (tertiary/aromatic N) is 1. The van der Waals surface area contributed by atoms with Gasteiger partial charge >= 0.3 is 0 Å². The van der Waals surface area contributed by atoms with Crippen LogP contribution in [0.5, 0.6) is 5.75 Å². The fourth-order valence-electron chi connectivity index (χ4n) is 4.07. The number of halogens is 1. The third-order valence-corrected chi connectivity index (χ3v) is 6.07. The highest BCUT2D eigenvalue weighted by Crippen LogP contribution is 2.25. The molecule has 0 atom stereocenters. The van der Waals surface area contributed by atoms with E-state index in [2.05, 4.69) is 5.32 Å². The molecule has 3 aromatic rings. The molecule has 5 nitrogen and oxygen atoms in total. The van der Waals surface area contributed by atoms with Gasteiger partial charge in [-0.3, -0.25) is 9.59 Å². The van der Waals surface area contributed by atoms with Crippen molar-refractivity contribution in [3.05, 3.63) is 89.7 Å². The Balaban J connectivity index is 1.29. The van der Waals surface area contributed by atoms with E-state index in [1.54, 1.807) is 19.2 Å². The molecule has 4 rings (SSSR count). The molecule has 1 heterocycles. The lowest BCUT2D eigenvalue weighted by Crippen LogP contribution is -2.42. The van der Waals surface area contributed by atoms with E-state index in [1.807, 2.05) is 53.4 Å². The topological polar surface area (TPSA) is 58.6 Å². The molecule has 3 aromatic carbocycles. The summed E-state index contributed by atoms with van der Waals surface area (Å²) in [6.07, 6.45) is 1.26. The Morgan fingerprint density at radius 3 is 2.33 bits per heavy atom. The Labute approximate surface area is 193 Å². The van der Waals surface area contributed by atoms with Crippen LogP contribution in [0.25, 0.3) is 11.1 Å². The summed E-state index contributed by atoms with van der Waals surface area (Å²) < 4.78 is 18.3. The maximum absolute atomic E-state index is 13.0. The molecular formula is C27H27FN2O3. The van der Waals surface area contributed by atoms with Gasteiger partial charge in [0.15, 0.2) is 0 Å². The second kappa shape index (κ2) is 10.3. The maximum atomic E-state index is 13.0. The van der Waals surface area contributed by atoms with Crippen LogP contribution in [0.1, 0.15) is 28.8 Å². The number of amides is 2. The number of carbonyl (C=O) groups excluding carboxylic acids is 2. The number of carbonyl (C=O) groups is 2. The van der Waals surface area contributed by atoms with Gasteiger partial charge in [0.25, 0.3) is 5.91 Å². The largest absolute Gasteiger partial charge is 0.497 e. The molecule has 33 heavy (non-hydrogen) atoms. The van der Waals surface area contributed by atoms with E-state index in [9.17, 15) is 14.0 Å². The van der Waals surface area contributed by atoms with E-state index in [-0.39, 0.29) is 23.5 Å². The van der Waals surface area contributed by atoms with E-state index in [4.69, 9.17) is 4.74 Å². The van der Waals surface area contributed by atoms with Crippen molar-refractivity contribution >= 4 is 11.8 Å². The van der Waals surface area contributed by atoms with Crippen LogP contribution in [0.15, 0.2) is 72.8 Å². The SMILES string of the molecule is COc1cccc(-c2ccc(C(=O)N3CCC(C(=O)NCc4ccc(F)cc4)CC3)cc2)c1. The molecule has 1 N–H and O–H groups in total. The summed E-state index contributed by atoms with van der Waals surface area (Å²) >= 11 is 0. The van der Waals surface area contributed by atoms with Crippen molar-refractivity contribution in [2.45, 2.75) is 19.4 Å². The van der Waals surface area contributed by atoms with Crippen molar-refractivity contribution in [2.24, 2.45) is 5.92 Å². The summed E-state index contributed by atoms with van der Waals surface area (Å²) in [5, 5.41) is 2.92. The van der Waals surface area contributed by atoms with Gasteiger partial charge < -0.3 is 15.0 Å². The molecule has 0 spiro atoms. The third kappa shape index (κ3) is 5.58. The van der Waals surface area contributed by atoms with Gasteiger partial charge in [0.2, 0.25) is 5.91 Å². The van der Waals surface area contributed by atoms with Crippen LogP contribution in [0.2, 0.25) is 0 Å². The average molecular weight is 447 g/mol. The predicted octanol–water partition coefficient (Wildman–Crippen LogP) is 4.67. The van der Waals surface area contributed by atoms with Crippen LogP contribution >= 0.6 is 0 Å². The van der Waals surface area contributed by atoms with Gasteiger partial charge in [-0.1, -0.05) is 36.4 Å². The lowest BCUT2D eigenvalue weighted by molar-refractivity contribution is -0.126. The van der Waals surface area contributed by atoms with Gasteiger partial charge in [0.1, 0.15) is 11.6 Å². The minimum atomic E-state index is -0.294. The number of likely N-dealkylation sites (tertiary alicyclic amines) is 1. The molecule has 1 saturated heterocycles. The minimum Gasteiger partial charge on any atom is -0.497 e. The Morgan fingerprint density at radius 2 is 1.67 bits per heavy atom. The smallest absolute Gasteiger partial charge is 0.253 e. The number of methoxy groups -OCH3 is 1. The number of rotatable bonds is 6. The normalized spacial score (nSPS) is 14.1. The van der Waals surface area contributed by atoms with E-state index >= 15 is 0 Å². The van der Waals surface area contributed by atoms with Gasteiger partial charge in [-0.2, -0.15) is 0 Å². The number of benzene rings is 3. The first-order valence-corrected chi connectivity index (χ1v) is 11.1. The van der Waals surface area contributed by atoms with Gasteiger partial charge in [-0.15, -0.1) is 0 Å². The summed E-state index contributed by atoms with van der Waals surface area (Å²) in [6.45, 7) is 1.47. The van der Waals surface area contributed by atoms with Gasteiger partial charge in [-0.05, 0) is 65.9 Å². The molecule has 0 aliphatic carbocycles. The summed E-state index contributed by atoms with van der Waals surface area (Å²) in [5.41, 5.74) is 3.54. The van der Waals surface area contributed by atoms with E-state index < -0.39 is 0 Å². The summed E-state index contributed by atoms with van der Waals surface area (Å²) in [7, 11) is 1.64. The van der Waals surface area contributed by atoms with Crippen LogP contribution in [-0.4, -0.2) is 36.9 Å². The van der Waals surface area contributed by atoms with Crippen molar-refractivity contribution < 1.29 is 18.7 Å². The summed E-state index contributed by atoms with van der Waals surface area (Å²) in [6, 6.07) is 21.5. The molecule has 1 aliphatic rings. The van der Waals surface area contributed by atoms with Crippen LogP contribution in [-0.2, 0) is 11.3 Å². The van der Waals surface area contributed by atoms with E-state index in [1.165, 1.54) is 12.1 Å². The fourth-order valence-corrected chi connectivity index (χ4v) is 4.07. The Hall–Kier alpha value is -3.67. The fraction of sp³-hybridized carbons (Fsp3) is 0.259. The summed E-state index contributed by atoms with van der Waals surface area (Å²) in [5.74, 6) is 0.339. The second-order valence-electron chi connectivity index (χ2n) is 8.22. The highest BCUT2D eigenvalue weighted by molar-refractivity contribution is 5.95. The van der Waals surface area contributed by atoms with Crippen LogP contribution in [0, 0.1) is 11.7 Å². The number of piperidine rings is 1. The first-order valence-electron chi connectivity index (χ1n) is 11.1. The number of ether oxygens (including phenoxy) is 1. The van der Waals surface area contributed by atoms with Crippen molar-refractivity contribution in [1.82, 2.24) is 10.2 Å². The first kappa shape index (κ1) is 22.5. The predicted molar refractivity (Wildman–Crippen MR) is 125 cm³/mol. The van der Waals surface area contributed by atoms with Crippen LogP contribution in [0.3, 0.4) is 0 Å². The lowest BCUT2D eigenvalue weighted by atomic mass is 9.95. The Kier molecular flexibility index (Phi) is 7.03. The molecule has 0 aromatic heterocycles. The van der Waals surface area contributed by atoms with Crippen molar-refractivity contribution in [3.8, 4) is 16.9 Å². The molecule has 1 fully saturated rings. The highest BCUT2D eigenvalue weighted by atomic mass is 19.1. The zero-order chi connectivity index (χ0) is 23.2. The zero-order valence-corrected chi connectivity index (χ0v) is 18.6. The standard InChI is InChI=1S/C27H27FN2O3/c1-33-25-4-2-3-23(17-25)20-7-9-22(10-8-20)27(32)30-15-13-21(14-16-30)26(31)29-18-19-5-11-24(28)12-6-19/h2-12,17,21H,13-16,18H2,1H3,(H,29,31). The van der Waals surface area contributed by atoms with Crippen LogP contribution < -0.4 is 10.1 Å². The molecule has 0 radical (unpaired) electrons. The van der Waals surface area contributed by atoms with Crippen molar-refractivity contribution in [2.75, 3.05) is 20.2 Å². The lowest BCUT2D eigenvalue weighted by Gasteiger charge is -2.31. The number of hydrogen-bond acceptors (Lipinski definition) is 3. The first-order chi connectivity index (χ1) is 16.0. The highest BCUT2D eigenvalue weighted by Gasteiger charge is 2.27. The Morgan fingerprint density at radius 1 is 0.970 bits per heavy atom. The van der Waals surface area contributed by atoms with E-state index in [0.717, 1.165) is 22.4 Å². The average Bonchev–Trinajstić information content (AvgIpc) is 2.88. The van der Waals surface area contributed by atoms with Gasteiger partial charge in [-0.25, -0.2) is 4.39 Å². The molecule has 0 unspecified atom stereocenters. The molecule has 6 heteroatoms. The number of nitrogens with one attached hydrogen (secondary N) is 1. The van der Waals surface area contributed by atoms with Crippen molar-refractivity contribution in [3.63, 3.8) is 0 Å². The Bertz CT molecular complexity index is 1100. The molecule has 1 aliphatic heterocycles. The molecule has 0 bridgehead atoms. The quantitative estimate of drug-likeness (QED) is 0.599. The van der Waals surface area contributed by atoms with Gasteiger partial charge in [0, 0.05) is 31.1 Å². The number of hydrogen-bond donors (Lipinski definition) is 1. The second-order valence-corrected chi connectivity index (χ2v) is 8.22. The molecular weight excluding hydrogens is 419 g/mol. The van der Waals surface area contributed by atoms with E-state index in [0.29, 0.717) is 38.0 Å². The maximum Gasteiger partial charge on any atom is 0.253 e. The molecule has 2 amide bonds. The molecule has 0 saturated carbocycles. The van der Waals surface area contributed by atoms with Crippen LogP contribution in [0.4, 0.5) is 4.39 Å². The zero-order valence-electron chi connectivity index (χ0n) is 18.6. The molecule has 170 valence electrons. The third-order valence-electron chi connectivity index (χ3n) is 6.07. The minimum absolute atomic E-state index is 0.0163. The monoisotopic (exact) mass is 446 g/mol. The van der Waals surface area contributed by atoms with Gasteiger partial charge in [0.05, 0.1) is 7.11 Å². The summed E-state index contributed by atoms with van der Waals surface area (Å²) in [4.78, 5) is 27.3.